The number of carbonyl (C=O) groups is 3. The molecule has 7 nitrogen and oxygen atoms in total. The third-order valence-corrected chi connectivity index (χ3v) is 5.14. The van der Waals surface area contributed by atoms with Crippen molar-refractivity contribution in [3.63, 3.8) is 0 Å². The number of urea groups is 2. The maximum atomic E-state index is 12.6. The van der Waals surface area contributed by atoms with E-state index in [-0.39, 0.29) is 18.5 Å². The van der Waals surface area contributed by atoms with Gasteiger partial charge in [0.25, 0.3) is 5.91 Å². The minimum absolute atomic E-state index is 0.196. The first-order valence-corrected chi connectivity index (χ1v) is 8.68. The SMILES string of the molecule is CCc1ccc(NC(=O)N2CC[C@@]3(C2)NC(=O)N(C)C3=O)cc1CC. The van der Waals surface area contributed by atoms with Gasteiger partial charge in [-0.05, 0) is 42.5 Å². The average Bonchev–Trinajstić information content (AvgIpc) is 3.13. The van der Waals surface area contributed by atoms with E-state index in [9.17, 15) is 14.4 Å². The number of benzene rings is 1. The summed E-state index contributed by atoms with van der Waals surface area (Å²) in [4.78, 5) is 39.2. The summed E-state index contributed by atoms with van der Waals surface area (Å²) < 4.78 is 0. The number of carbonyl (C=O) groups excluding carboxylic acids is 3. The number of hydrogen-bond donors (Lipinski definition) is 2. The first-order chi connectivity index (χ1) is 11.9. The molecule has 5 amide bonds. The average molecular weight is 344 g/mol. The summed E-state index contributed by atoms with van der Waals surface area (Å²) in [7, 11) is 1.46. The lowest BCUT2D eigenvalue weighted by Gasteiger charge is -2.22. The first-order valence-electron chi connectivity index (χ1n) is 8.68. The highest BCUT2D eigenvalue weighted by molar-refractivity contribution is 6.07. The van der Waals surface area contributed by atoms with Gasteiger partial charge < -0.3 is 15.5 Å². The molecule has 2 saturated heterocycles. The third-order valence-electron chi connectivity index (χ3n) is 5.14. The maximum Gasteiger partial charge on any atom is 0.324 e. The van der Waals surface area contributed by atoms with Crippen molar-refractivity contribution in [2.45, 2.75) is 38.6 Å². The molecule has 134 valence electrons. The second kappa shape index (κ2) is 6.38. The van der Waals surface area contributed by atoms with E-state index in [4.69, 9.17) is 0 Å². The Labute approximate surface area is 147 Å². The molecule has 3 rings (SSSR count). The predicted molar refractivity (Wildman–Crippen MR) is 94.4 cm³/mol. The van der Waals surface area contributed by atoms with E-state index in [2.05, 4.69) is 24.5 Å². The van der Waals surface area contributed by atoms with E-state index in [1.807, 2.05) is 18.2 Å². The Kier molecular flexibility index (Phi) is 4.41. The summed E-state index contributed by atoms with van der Waals surface area (Å²) in [5, 5.41) is 5.63. The van der Waals surface area contributed by atoms with Crippen LogP contribution in [0.15, 0.2) is 18.2 Å². The van der Waals surface area contributed by atoms with Crippen LogP contribution in [-0.4, -0.2) is 53.4 Å². The zero-order valence-electron chi connectivity index (χ0n) is 14.9. The molecule has 1 atom stereocenters. The van der Waals surface area contributed by atoms with Gasteiger partial charge in [-0.1, -0.05) is 19.9 Å². The van der Waals surface area contributed by atoms with Crippen molar-refractivity contribution in [1.82, 2.24) is 15.1 Å². The largest absolute Gasteiger partial charge is 0.324 e. The molecule has 0 aromatic heterocycles. The number of likely N-dealkylation sites (N-methyl/N-ethyl adjacent to an activating group) is 1. The van der Waals surface area contributed by atoms with Crippen LogP contribution in [0.3, 0.4) is 0 Å². The summed E-state index contributed by atoms with van der Waals surface area (Å²) in [5.74, 6) is -0.270. The van der Waals surface area contributed by atoms with Crippen molar-refractivity contribution in [2.75, 3.05) is 25.5 Å². The summed E-state index contributed by atoms with van der Waals surface area (Å²) >= 11 is 0. The molecule has 7 heteroatoms. The zero-order valence-corrected chi connectivity index (χ0v) is 14.9. The molecule has 0 unspecified atom stereocenters. The van der Waals surface area contributed by atoms with Crippen molar-refractivity contribution < 1.29 is 14.4 Å². The van der Waals surface area contributed by atoms with Crippen LogP contribution in [-0.2, 0) is 17.6 Å². The molecule has 2 aliphatic heterocycles. The van der Waals surface area contributed by atoms with E-state index >= 15 is 0 Å². The lowest BCUT2D eigenvalue weighted by atomic mass is 9.99. The maximum absolute atomic E-state index is 12.6. The van der Waals surface area contributed by atoms with Crippen molar-refractivity contribution in [1.29, 1.82) is 0 Å². The lowest BCUT2D eigenvalue weighted by molar-refractivity contribution is -0.129. The van der Waals surface area contributed by atoms with Crippen LogP contribution >= 0.6 is 0 Å². The Bertz CT molecular complexity index is 733. The number of hydrogen-bond acceptors (Lipinski definition) is 3. The molecule has 1 spiro atoms. The van der Waals surface area contributed by atoms with Crippen LogP contribution in [0.1, 0.15) is 31.4 Å². The number of rotatable bonds is 3. The fraction of sp³-hybridized carbons (Fsp3) is 0.500. The molecule has 2 heterocycles. The predicted octanol–water partition coefficient (Wildman–Crippen LogP) is 1.97. The molecule has 2 N–H and O–H groups in total. The highest BCUT2D eigenvalue weighted by Gasteiger charge is 2.54. The number of nitrogens with zero attached hydrogens (tertiary/aromatic N) is 2. The number of imide groups is 1. The molecule has 0 aliphatic carbocycles. The Balaban J connectivity index is 1.69. The minimum Gasteiger partial charge on any atom is -0.322 e. The monoisotopic (exact) mass is 344 g/mol. The number of amides is 5. The van der Waals surface area contributed by atoms with Crippen LogP contribution in [0, 0.1) is 0 Å². The molecule has 0 saturated carbocycles. The van der Waals surface area contributed by atoms with Crippen molar-refractivity contribution in [2.24, 2.45) is 0 Å². The smallest absolute Gasteiger partial charge is 0.322 e. The van der Waals surface area contributed by atoms with E-state index < -0.39 is 11.6 Å². The molecular formula is C18H24N4O3. The quantitative estimate of drug-likeness (QED) is 0.823. The fourth-order valence-corrected chi connectivity index (χ4v) is 3.60. The van der Waals surface area contributed by atoms with Gasteiger partial charge in [0, 0.05) is 19.3 Å². The number of likely N-dealkylation sites (tertiary alicyclic amines) is 1. The summed E-state index contributed by atoms with van der Waals surface area (Å²) in [5.41, 5.74) is 2.28. The Morgan fingerprint density at radius 2 is 1.96 bits per heavy atom. The van der Waals surface area contributed by atoms with Gasteiger partial charge in [-0.25, -0.2) is 9.59 Å². The molecular weight excluding hydrogens is 320 g/mol. The topological polar surface area (TPSA) is 81.8 Å². The summed E-state index contributed by atoms with van der Waals surface area (Å²) in [6.45, 7) is 4.83. The van der Waals surface area contributed by atoms with E-state index in [0.29, 0.717) is 13.0 Å². The standard InChI is InChI=1S/C18H24N4O3/c1-4-12-6-7-14(10-13(12)5-2)19-16(24)22-9-8-18(11-22)15(23)21(3)17(25)20-18/h6-7,10H,4-5,8-9,11H2,1-3H3,(H,19,24)(H,20,25)/t18-/m0/s1. The molecule has 2 fully saturated rings. The van der Waals surface area contributed by atoms with Crippen molar-refractivity contribution >= 4 is 23.7 Å². The van der Waals surface area contributed by atoms with Crippen LogP contribution < -0.4 is 10.6 Å². The van der Waals surface area contributed by atoms with Gasteiger partial charge in [0.15, 0.2) is 0 Å². The zero-order chi connectivity index (χ0) is 18.2. The van der Waals surface area contributed by atoms with Crippen LogP contribution in [0.2, 0.25) is 0 Å². The van der Waals surface area contributed by atoms with E-state index in [1.54, 1.807) is 4.90 Å². The van der Waals surface area contributed by atoms with Gasteiger partial charge in [0.2, 0.25) is 0 Å². The Morgan fingerprint density at radius 1 is 1.24 bits per heavy atom. The van der Waals surface area contributed by atoms with E-state index in [1.165, 1.54) is 18.2 Å². The molecule has 25 heavy (non-hydrogen) atoms. The van der Waals surface area contributed by atoms with Gasteiger partial charge in [-0.15, -0.1) is 0 Å². The van der Waals surface area contributed by atoms with Gasteiger partial charge in [-0.2, -0.15) is 0 Å². The fourth-order valence-electron chi connectivity index (χ4n) is 3.60. The van der Waals surface area contributed by atoms with E-state index in [0.717, 1.165) is 23.4 Å². The molecule has 1 aromatic rings. The normalized spacial score (nSPS) is 22.7. The van der Waals surface area contributed by atoms with Crippen LogP contribution in [0.5, 0.6) is 0 Å². The first kappa shape index (κ1) is 17.3. The second-order valence-electron chi connectivity index (χ2n) is 6.67. The number of nitrogens with one attached hydrogen (secondary N) is 2. The molecule has 2 aliphatic rings. The molecule has 0 bridgehead atoms. The van der Waals surface area contributed by atoms with Crippen molar-refractivity contribution in [3.8, 4) is 0 Å². The minimum atomic E-state index is -0.968. The Hall–Kier alpha value is -2.57. The second-order valence-corrected chi connectivity index (χ2v) is 6.67. The van der Waals surface area contributed by atoms with Gasteiger partial charge in [0.1, 0.15) is 5.54 Å². The van der Waals surface area contributed by atoms with Crippen LogP contribution in [0.25, 0.3) is 0 Å². The van der Waals surface area contributed by atoms with Crippen LogP contribution in [0.4, 0.5) is 15.3 Å². The number of aryl methyl sites for hydroxylation is 2. The Morgan fingerprint density at radius 3 is 2.56 bits per heavy atom. The van der Waals surface area contributed by atoms with Gasteiger partial charge in [0.05, 0.1) is 6.54 Å². The summed E-state index contributed by atoms with van der Waals surface area (Å²) in [6, 6.07) is 5.28. The molecule has 1 aromatic carbocycles. The summed E-state index contributed by atoms with van der Waals surface area (Å²) in [6.07, 6.45) is 2.30. The van der Waals surface area contributed by atoms with Gasteiger partial charge in [-0.3, -0.25) is 9.69 Å². The van der Waals surface area contributed by atoms with Crippen molar-refractivity contribution in [3.05, 3.63) is 29.3 Å². The highest BCUT2D eigenvalue weighted by atomic mass is 16.2. The third kappa shape index (κ3) is 2.94. The van der Waals surface area contributed by atoms with Gasteiger partial charge >= 0.3 is 12.1 Å². The number of anilines is 1. The molecule has 0 radical (unpaired) electrons. The highest BCUT2D eigenvalue weighted by Crippen LogP contribution is 2.28. The lowest BCUT2D eigenvalue weighted by Crippen LogP contribution is -2.50.